The van der Waals surface area contributed by atoms with Crippen LogP contribution >= 0.6 is 0 Å². The van der Waals surface area contributed by atoms with Crippen molar-refractivity contribution in [2.24, 2.45) is 5.73 Å². The van der Waals surface area contributed by atoms with Crippen molar-refractivity contribution in [3.05, 3.63) is 48.2 Å². The minimum absolute atomic E-state index is 0.137. The molecule has 4 heteroatoms. The number of hydrogen-bond acceptors (Lipinski definition) is 2. The van der Waals surface area contributed by atoms with E-state index < -0.39 is 0 Å². The molecule has 0 fully saturated rings. The molecular weight excluding hydrogens is 176 g/mol. The molecule has 0 saturated heterocycles. The molecule has 0 aliphatic heterocycles. The largest absolute Gasteiger partial charge is 0.370 e. The SMILES string of the molecule is N=C(N)N/C=C\C(=N)c1ccccc1. The van der Waals surface area contributed by atoms with Gasteiger partial charge < -0.3 is 16.5 Å². The molecule has 0 unspecified atom stereocenters. The number of nitrogens with two attached hydrogens (primary N) is 1. The van der Waals surface area contributed by atoms with E-state index in [1.54, 1.807) is 6.08 Å². The van der Waals surface area contributed by atoms with Gasteiger partial charge in [0.2, 0.25) is 0 Å². The molecular formula is C10H12N4. The van der Waals surface area contributed by atoms with Gasteiger partial charge in [0, 0.05) is 6.20 Å². The summed E-state index contributed by atoms with van der Waals surface area (Å²) in [5, 5.41) is 17.0. The second kappa shape index (κ2) is 4.81. The Morgan fingerprint density at radius 3 is 2.43 bits per heavy atom. The van der Waals surface area contributed by atoms with Gasteiger partial charge in [-0.2, -0.15) is 0 Å². The van der Waals surface area contributed by atoms with Gasteiger partial charge in [-0.3, -0.25) is 5.41 Å². The number of benzene rings is 1. The van der Waals surface area contributed by atoms with Gasteiger partial charge >= 0.3 is 0 Å². The van der Waals surface area contributed by atoms with Crippen molar-refractivity contribution in [1.82, 2.24) is 5.32 Å². The molecule has 0 spiro atoms. The predicted molar refractivity (Wildman–Crippen MR) is 57.5 cm³/mol. The minimum Gasteiger partial charge on any atom is -0.370 e. The number of hydrogen-bond donors (Lipinski definition) is 4. The fourth-order valence-corrected chi connectivity index (χ4v) is 0.929. The lowest BCUT2D eigenvalue weighted by Crippen LogP contribution is -2.25. The van der Waals surface area contributed by atoms with Gasteiger partial charge in [-0.05, 0) is 11.6 Å². The number of nitrogens with one attached hydrogen (secondary N) is 3. The first kappa shape index (κ1) is 9.98. The molecule has 0 aliphatic rings. The van der Waals surface area contributed by atoms with Crippen molar-refractivity contribution < 1.29 is 0 Å². The molecule has 1 rings (SSSR count). The van der Waals surface area contributed by atoms with E-state index in [4.69, 9.17) is 16.6 Å². The highest BCUT2D eigenvalue weighted by atomic mass is 15.0. The maximum Gasteiger partial charge on any atom is 0.189 e. The average Bonchev–Trinajstić information content (AvgIpc) is 2.18. The van der Waals surface area contributed by atoms with Gasteiger partial charge in [0.05, 0.1) is 5.71 Å². The standard InChI is InChI=1S/C10H12N4/c11-9(6-7-14-10(12)13)8-4-2-1-3-5-8/h1-7,11H,(H4,12,13,14)/b7-6-,11-9?. The molecule has 0 amide bonds. The zero-order chi connectivity index (χ0) is 10.4. The molecule has 1 aromatic rings. The first-order valence-corrected chi connectivity index (χ1v) is 4.11. The van der Waals surface area contributed by atoms with E-state index in [0.717, 1.165) is 5.56 Å². The van der Waals surface area contributed by atoms with E-state index >= 15 is 0 Å². The predicted octanol–water partition coefficient (Wildman–Crippen LogP) is 1.05. The van der Waals surface area contributed by atoms with E-state index in [-0.39, 0.29) is 5.96 Å². The minimum atomic E-state index is -0.137. The Labute approximate surface area is 82.5 Å². The maximum atomic E-state index is 7.64. The van der Waals surface area contributed by atoms with E-state index in [0.29, 0.717) is 5.71 Å². The molecule has 0 atom stereocenters. The molecule has 0 aromatic heterocycles. The Balaban J connectivity index is 2.59. The van der Waals surface area contributed by atoms with Crippen LogP contribution in [0.1, 0.15) is 5.56 Å². The Bertz CT molecular complexity index is 354. The lowest BCUT2D eigenvalue weighted by atomic mass is 10.1. The van der Waals surface area contributed by atoms with Crippen molar-refractivity contribution >= 4 is 11.7 Å². The summed E-state index contributed by atoms with van der Waals surface area (Å²) in [6.45, 7) is 0. The summed E-state index contributed by atoms with van der Waals surface area (Å²) in [6.07, 6.45) is 3.02. The summed E-state index contributed by atoms with van der Waals surface area (Å²) in [4.78, 5) is 0. The first-order chi connectivity index (χ1) is 6.70. The fourth-order valence-electron chi connectivity index (χ4n) is 0.929. The Kier molecular flexibility index (Phi) is 3.43. The second-order valence-corrected chi connectivity index (χ2v) is 2.67. The van der Waals surface area contributed by atoms with Gasteiger partial charge in [-0.15, -0.1) is 0 Å². The van der Waals surface area contributed by atoms with Crippen LogP contribution in [0.15, 0.2) is 42.6 Å². The van der Waals surface area contributed by atoms with Crippen molar-refractivity contribution in [2.45, 2.75) is 0 Å². The molecule has 0 saturated carbocycles. The molecule has 0 radical (unpaired) electrons. The van der Waals surface area contributed by atoms with E-state index in [9.17, 15) is 0 Å². The zero-order valence-corrected chi connectivity index (χ0v) is 7.62. The highest BCUT2D eigenvalue weighted by Crippen LogP contribution is 1.99. The van der Waals surface area contributed by atoms with Gasteiger partial charge in [-0.1, -0.05) is 30.3 Å². The Morgan fingerprint density at radius 1 is 1.21 bits per heavy atom. The van der Waals surface area contributed by atoms with E-state index in [1.165, 1.54) is 6.20 Å². The van der Waals surface area contributed by atoms with Crippen LogP contribution in [0.2, 0.25) is 0 Å². The highest BCUT2D eigenvalue weighted by Gasteiger charge is 1.93. The lowest BCUT2D eigenvalue weighted by molar-refractivity contribution is 1.19. The van der Waals surface area contributed by atoms with Gasteiger partial charge in [0.1, 0.15) is 0 Å². The highest BCUT2D eigenvalue weighted by molar-refractivity contribution is 6.06. The van der Waals surface area contributed by atoms with Crippen LogP contribution in [0, 0.1) is 10.8 Å². The van der Waals surface area contributed by atoms with Crippen LogP contribution in [0.3, 0.4) is 0 Å². The van der Waals surface area contributed by atoms with Crippen LogP contribution in [-0.4, -0.2) is 11.7 Å². The topological polar surface area (TPSA) is 85.8 Å². The fraction of sp³-hybridized carbons (Fsp3) is 0. The third-order valence-corrected chi connectivity index (χ3v) is 1.57. The van der Waals surface area contributed by atoms with Crippen LogP contribution in [0.25, 0.3) is 0 Å². The molecule has 72 valence electrons. The Morgan fingerprint density at radius 2 is 1.86 bits per heavy atom. The molecule has 0 bridgehead atoms. The average molecular weight is 188 g/mol. The molecule has 1 aromatic carbocycles. The van der Waals surface area contributed by atoms with Crippen LogP contribution < -0.4 is 11.1 Å². The van der Waals surface area contributed by atoms with Gasteiger partial charge in [0.15, 0.2) is 5.96 Å². The summed E-state index contributed by atoms with van der Waals surface area (Å²) < 4.78 is 0. The van der Waals surface area contributed by atoms with Crippen LogP contribution in [0.5, 0.6) is 0 Å². The summed E-state index contributed by atoms with van der Waals surface area (Å²) in [6, 6.07) is 9.33. The summed E-state index contributed by atoms with van der Waals surface area (Å²) in [5.41, 5.74) is 6.27. The zero-order valence-electron chi connectivity index (χ0n) is 7.62. The molecule has 0 aliphatic carbocycles. The molecule has 0 heterocycles. The smallest absolute Gasteiger partial charge is 0.189 e. The second-order valence-electron chi connectivity index (χ2n) is 2.67. The Hall–Kier alpha value is -2.10. The van der Waals surface area contributed by atoms with Crippen LogP contribution in [-0.2, 0) is 0 Å². The lowest BCUT2D eigenvalue weighted by Gasteiger charge is -1.98. The number of allylic oxidation sites excluding steroid dienone is 1. The quantitative estimate of drug-likeness (QED) is 0.422. The van der Waals surface area contributed by atoms with Crippen LogP contribution in [0.4, 0.5) is 0 Å². The van der Waals surface area contributed by atoms with Crippen molar-refractivity contribution in [2.75, 3.05) is 0 Å². The summed E-state index contributed by atoms with van der Waals surface area (Å²) in [5.74, 6) is -0.137. The molecule has 5 N–H and O–H groups in total. The van der Waals surface area contributed by atoms with Gasteiger partial charge in [0.25, 0.3) is 0 Å². The van der Waals surface area contributed by atoms with Crippen molar-refractivity contribution in [3.8, 4) is 0 Å². The maximum absolute atomic E-state index is 7.64. The summed E-state index contributed by atoms with van der Waals surface area (Å²) >= 11 is 0. The first-order valence-electron chi connectivity index (χ1n) is 4.11. The third kappa shape index (κ3) is 3.10. The van der Waals surface area contributed by atoms with Crippen molar-refractivity contribution in [3.63, 3.8) is 0 Å². The monoisotopic (exact) mass is 188 g/mol. The van der Waals surface area contributed by atoms with Crippen molar-refractivity contribution in [1.29, 1.82) is 10.8 Å². The summed E-state index contributed by atoms with van der Waals surface area (Å²) in [7, 11) is 0. The number of rotatable bonds is 3. The third-order valence-electron chi connectivity index (χ3n) is 1.57. The van der Waals surface area contributed by atoms with Gasteiger partial charge in [-0.25, -0.2) is 0 Å². The molecule has 14 heavy (non-hydrogen) atoms. The van der Waals surface area contributed by atoms with E-state index in [1.807, 2.05) is 30.3 Å². The molecule has 4 nitrogen and oxygen atoms in total. The van der Waals surface area contributed by atoms with E-state index in [2.05, 4.69) is 5.32 Å². The normalized spacial score (nSPS) is 10.0. The number of guanidine groups is 1.